The fraction of sp³-hybridized carbons (Fsp3) is 0.667. The highest BCUT2D eigenvalue weighted by Gasteiger charge is 2.32. The Morgan fingerprint density at radius 1 is 1.44 bits per heavy atom. The van der Waals surface area contributed by atoms with Crippen molar-refractivity contribution in [1.82, 2.24) is 0 Å². The molecule has 1 N–H and O–H groups in total. The van der Waals surface area contributed by atoms with Crippen LogP contribution in [0.25, 0.3) is 0 Å². The van der Waals surface area contributed by atoms with E-state index in [4.69, 9.17) is 0 Å². The molecular formula is C15H23O2P. The van der Waals surface area contributed by atoms with Gasteiger partial charge in [-0.25, -0.2) is 4.79 Å². The summed E-state index contributed by atoms with van der Waals surface area (Å²) in [4.78, 5) is 11.5. The maximum atomic E-state index is 11.5. The van der Waals surface area contributed by atoms with Gasteiger partial charge in [0.25, 0.3) is 0 Å². The van der Waals surface area contributed by atoms with Crippen molar-refractivity contribution >= 4 is 13.6 Å². The molecule has 1 aliphatic heterocycles. The van der Waals surface area contributed by atoms with E-state index in [1.807, 2.05) is 0 Å². The van der Waals surface area contributed by atoms with Crippen LogP contribution >= 0.6 is 7.92 Å². The van der Waals surface area contributed by atoms with Gasteiger partial charge in [-0.05, 0) is 48.7 Å². The molecule has 0 aromatic rings. The van der Waals surface area contributed by atoms with Gasteiger partial charge in [-0.1, -0.05) is 38.3 Å². The number of rotatable bonds is 5. The van der Waals surface area contributed by atoms with Crippen LogP contribution in [0, 0.1) is 5.92 Å². The largest absolute Gasteiger partial charge is 0.478 e. The first-order chi connectivity index (χ1) is 8.74. The number of unbranched alkanes of at least 4 members (excludes halogenated alkanes) is 1. The van der Waals surface area contributed by atoms with Crippen LogP contribution in [-0.2, 0) is 0 Å². The average Bonchev–Trinajstić information content (AvgIpc) is 2.89. The Balaban J connectivity index is 2.26. The Hall–Kier alpha value is -0.620. The number of hydrogen-bond donors (Lipinski definition) is 1. The third kappa shape index (κ3) is 3.03. The molecule has 0 bridgehead atoms. The van der Waals surface area contributed by atoms with Crippen molar-refractivity contribution in [3.05, 3.63) is 23.0 Å². The van der Waals surface area contributed by atoms with Gasteiger partial charge >= 0.3 is 5.71 Å². The van der Waals surface area contributed by atoms with Crippen LogP contribution in [-0.4, -0.2) is 17.0 Å². The van der Waals surface area contributed by atoms with Crippen LogP contribution in [0.15, 0.2) is 23.0 Å². The first kappa shape index (κ1) is 13.8. The molecule has 2 nitrogen and oxygen atoms in total. The quantitative estimate of drug-likeness (QED) is 0.681. The summed E-state index contributed by atoms with van der Waals surface area (Å²) in [6.07, 6.45) is 13.5. The van der Waals surface area contributed by atoms with E-state index in [0.29, 0.717) is 5.92 Å². The lowest BCUT2D eigenvalue weighted by atomic mass is 9.99. The highest BCUT2D eigenvalue weighted by molar-refractivity contribution is 7.78. The van der Waals surface area contributed by atoms with E-state index in [2.05, 4.69) is 19.1 Å². The minimum atomic E-state index is -0.952. The van der Waals surface area contributed by atoms with Gasteiger partial charge in [-0.3, -0.25) is 0 Å². The van der Waals surface area contributed by atoms with Crippen LogP contribution in [0.1, 0.15) is 51.9 Å². The van der Waals surface area contributed by atoms with Gasteiger partial charge in [-0.2, -0.15) is 0 Å². The van der Waals surface area contributed by atoms with Crippen molar-refractivity contribution in [2.45, 2.75) is 51.9 Å². The van der Waals surface area contributed by atoms with Crippen molar-refractivity contribution in [3.63, 3.8) is 0 Å². The van der Waals surface area contributed by atoms with Gasteiger partial charge in [0.15, 0.2) is 0 Å². The zero-order valence-corrected chi connectivity index (χ0v) is 12.1. The van der Waals surface area contributed by atoms with Crippen molar-refractivity contribution in [2.24, 2.45) is 5.92 Å². The fourth-order valence-electron chi connectivity index (χ4n) is 3.10. The Labute approximate surface area is 111 Å². The summed E-state index contributed by atoms with van der Waals surface area (Å²) in [5.41, 5.74) is 0.800. The zero-order valence-electron chi connectivity index (χ0n) is 11.2. The van der Waals surface area contributed by atoms with E-state index in [0.717, 1.165) is 12.6 Å². The summed E-state index contributed by atoms with van der Waals surface area (Å²) < 4.78 is 0. The summed E-state index contributed by atoms with van der Waals surface area (Å²) in [7, 11) is -0.952. The van der Waals surface area contributed by atoms with Crippen LogP contribution in [0.2, 0.25) is 0 Å². The van der Waals surface area contributed by atoms with E-state index in [9.17, 15) is 9.90 Å². The molecular weight excluding hydrogens is 243 g/mol. The monoisotopic (exact) mass is 266 g/mol. The molecule has 0 aromatic carbocycles. The van der Waals surface area contributed by atoms with Crippen molar-refractivity contribution in [1.29, 1.82) is 0 Å². The van der Waals surface area contributed by atoms with Gasteiger partial charge in [0, 0.05) is 7.92 Å². The van der Waals surface area contributed by atoms with E-state index in [1.165, 1.54) is 49.4 Å². The lowest BCUT2D eigenvalue weighted by molar-refractivity contribution is 0.221. The molecule has 1 saturated carbocycles. The molecule has 2 rings (SSSR count). The Bertz CT molecular complexity index is 365. The number of allylic oxidation sites excluding steroid dienone is 4. The molecule has 0 radical (unpaired) electrons. The third-order valence-electron chi connectivity index (χ3n) is 4.00. The van der Waals surface area contributed by atoms with Crippen molar-refractivity contribution < 1.29 is 9.90 Å². The second-order valence-electron chi connectivity index (χ2n) is 5.29. The molecule has 0 spiro atoms. The lowest BCUT2D eigenvalue weighted by Crippen LogP contribution is -2.10. The molecule has 100 valence electrons. The minimum absolute atomic E-state index is 0.565. The first-order valence-corrected chi connectivity index (χ1v) is 8.66. The summed E-state index contributed by atoms with van der Waals surface area (Å²) in [5.74, 6) is 0.573. The summed E-state index contributed by atoms with van der Waals surface area (Å²) in [5, 5.41) is 10.8. The number of carbonyl (C=O) groups is 1. The van der Waals surface area contributed by atoms with Crippen LogP contribution < -0.4 is 0 Å². The van der Waals surface area contributed by atoms with Gasteiger partial charge in [0.2, 0.25) is 0 Å². The molecule has 1 aliphatic carbocycles. The van der Waals surface area contributed by atoms with Gasteiger partial charge in [0.1, 0.15) is 0 Å². The lowest BCUT2D eigenvalue weighted by Gasteiger charge is -2.27. The van der Waals surface area contributed by atoms with Crippen molar-refractivity contribution in [3.8, 4) is 0 Å². The van der Waals surface area contributed by atoms with E-state index >= 15 is 0 Å². The van der Waals surface area contributed by atoms with Crippen LogP contribution in [0.5, 0.6) is 0 Å². The smallest absolute Gasteiger partial charge is 0.328 e. The van der Waals surface area contributed by atoms with Crippen LogP contribution in [0.3, 0.4) is 0 Å². The molecule has 0 aromatic heterocycles. The molecule has 1 atom stereocenters. The minimum Gasteiger partial charge on any atom is -0.478 e. The van der Waals surface area contributed by atoms with E-state index in [1.54, 1.807) is 0 Å². The zero-order chi connectivity index (χ0) is 13.0. The predicted molar refractivity (Wildman–Crippen MR) is 77.5 cm³/mol. The van der Waals surface area contributed by atoms with Crippen LogP contribution in [0.4, 0.5) is 4.79 Å². The van der Waals surface area contributed by atoms with Gasteiger partial charge < -0.3 is 5.11 Å². The SMILES string of the molecule is CCCCC1=C(C2CCCC2)P(C(=O)O)CC=C1. The highest BCUT2D eigenvalue weighted by Crippen LogP contribution is 2.56. The maximum Gasteiger partial charge on any atom is 0.328 e. The maximum absolute atomic E-state index is 11.5. The molecule has 3 heteroatoms. The summed E-state index contributed by atoms with van der Waals surface area (Å²) >= 11 is 0. The Morgan fingerprint density at radius 3 is 2.78 bits per heavy atom. The second-order valence-corrected chi connectivity index (χ2v) is 7.38. The second kappa shape index (κ2) is 6.52. The summed E-state index contributed by atoms with van der Waals surface area (Å²) in [6.45, 7) is 2.20. The number of hydrogen-bond acceptors (Lipinski definition) is 1. The third-order valence-corrected chi connectivity index (χ3v) is 6.27. The normalized spacial score (nSPS) is 24.8. The molecule has 1 heterocycles. The van der Waals surface area contributed by atoms with Gasteiger partial charge in [0.05, 0.1) is 0 Å². The topological polar surface area (TPSA) is 37.3 Å². The summed E-state index contributed by atoms with van der Waals surface area (Å²) in [6, 6.07) is 0. The number of carboxylic acid groups (broad SMARTS) is 1. The Morgan fingerprint density at radius 2 is 2.17 bits per heavy atom. The molecule has 0 saturated heterocycles. The van der Waals surface area contributed by atoms with Crippen molar-refractivity contribution in [2.75, 3.05) is 6.16 Å². The highest BCUT2D eigenvalue weighted by atomic mass is 31.1. The average molecular weight is 266 g/mol. The molecule has 18 heavy (non-hydrogen) atoms. The van der Waals surface area contributed by atoms with E-state index < -0.39 is 13.6 Å². The first-order valence-electron chi connectivity index (χ1n) is 7.14. The standard InChI is InChI=1S/C15H23O2P/c1-2-3-7-12-10-6-11-18(15(16)17)14(12)13-8-4-5-9-13/h6,10,13H,2-5,7-9,11H2,1H3,(H,16,17). The predicted octanol–water partition coefficient (Wildman–Crippen LogP) is 5.35. The van der Waals surface area contributed by atoms with E-state index in [-0.39, 0.29) is 0 Å². The van der Waals surface area contributed by atoms with Gasteiger partial charge in [-0.15, -0.1) is 0 Å². The molecule has 1 fully saturated rings. The molecule has 1 unspecified atom stereocenters. The Kier molecular flexibility index (Phi) is 5.00. The fourth-order valence-corrected chi connectivity index (χ4v) is 5.21. The molecule has 0 amide bonds. The molecule has 2 aliphatic rings.